The van der Waals surface area contributed by atoms with Gasteiger partial charge in [-0.2, -0.15) is 0 Å². The van der Waals surface area contributed by atoms with Gasteiger partial charge in [-0.1, -0.05) is 17.7 Å². The van der Waals surface area contributed by atoms with Gasteiger partial charge >= 0.3 is 11.9 Å². The molecule has 1 rings (SSSR count). The van der Waals surface area contributed by atoms with Crippen molar-refractivity contribution >= 4 is 11.9 Å². The number of aliphatic carboxylic acids is 2. The molecule has 15 heavy (non-hydrogen) atoms. The normalized spacial score (nSPS) is 25.5. The highest BCUT2D eigenvalue weighted by atomic mass is 16.4. The van der Waals surface area contributed by atoms with Crippen LogP contribution in [0, 0.1) is 5.41 Å². The van der Waals surface area contributed by atoms with Crippen LogP contribution >= 0.6 is 0 Å². The molecular formula is C10H12O5. The standard InChI is InChI=1S/C10H12O5/c1-6-2-3-7(8(12)13)4-10(6,5-11)9(14)15/h2-3,11H,4-5H2,1H3,(H,12,13)(H,14,15). The van der Waals surface area contributed by atoms with E-state index in [-0.39, 0.29) is 12.0 Å². The number of aliphatic hydroxyl groups is 1. The molecule has 0 aromatic rings. The van der Waals surface area contributed by atoms with E-state index in [0.29, 0.717) is 5.57 Å². The highest BCUT2D eigenvalue weighted by Crippen LogP contribution is 2.37. The summed E-state index contributed by atoms with van der Waals surface area (Å²) in [4.78, 5) is 21.8. The van der Waals surface area contributed by atoms with Crippen molar-refractivity contribution in [2.75, 3.05) is 6.61 Å². The van der Waals surface area contributed by atoms with Gasteiger partial charge < -0.3 is 15.3 Å². The van der Waals surface area contributed by atoms with Crippen LogP contribution in [0.4, 0.5) is 0 Å². The number of carbonyl (C=O) groups is 2. The zero-order valence-corrected chi connectivity index (χ0v) is 8.23. The molecule has 0 saturated carbocycles. The summed E-state index contributed by atoms with van der Waals surface area (Å²) in [5.41, 5.74) is -1.03. The van der Waals surface area contributed by atoms with Crippen LogP contribution in [0.5, 0.6) is 0 Å². The number of aliphatic hydroxyl groups excluding tert-OH is 1. The van der Waals surface area contributed by atoms with Crippen molar-refractivity contribution < 1.29 is 24.9 Å². The first kappa shape index (κ1) is 11.5. The third kappa shape index (κ3) is 1.78. The Kier molecular flexibility index (Phi) is 2.95. The van der Waals surface area contributed by atoms with E-state index in [1.165, 1.54) is 12.2 Å². The fourth-order valence-corrected chi connectivity index (χ4v) is 1.55. The SMILES string of the molecule is CC1=CC=C(C(=O)O)CC1(CO)C(=O)O. The Morgan fingerprint density at radius 2 is 2.00 bits per heavy atom. The molecule has 0 aromatic heterocycles. The second kappa shape index (κ2) is 3.86. The van der Waals surface area contributed by atoms with Crippen LogP contribution in [0.25, 0.3) is 0 Å². The Hall–Kier alpha value is -1.62. The fourth-order valence-electron chi connectivity index (χ4n) is 1.55. The van der Waals surface area contributed by atoms with E-state index in [4.69, 9.17) is 15.3 Å². The molecule has 0 amide bonds. The first-order valence-corrected chi connectivity index (χ1v) is 4.39. The van der Waals surface area contributed by atoms with Crippen LogP contribution in [0.15, 0.2) is 23.3 Å². The van der Waals surface area contributed by atoms with Gasteiger partial charge in [-0.25, -0.2) is 4.79 Å². The molecule has 0 bridgehead atoms. The van der Waals surface area contributed by atoms with E-state index < -0.39 is 24.0 Å². The molecule has 1 aliphatic carbocycles. The molecule has 0 aliphatic heterocycles. The van der Waals surface area contributed by atoms with Gasteiger partial charge in [0.15, 0.2) is 0 Å². The van der Waals surface area contributed by atoms with Crippen molar-refractivity contribution in [1.29, 1.82) is 0 Å². The van der Waals surface area contributed by atoms with E-state index in [0.717, 1.165) is 0 Å². The molecule has 5 heteroatoms. The highest BCUT2D eigenvalue weighted by molar-refractivity contribution is 5.90. The Bertz CT molecular complexity index is 366. The molecule has 1 atom stereocenters. The van der Waals surface area contributed by atoms with Crippen molar-refractivity contribution in [2.24, 2.45) is 5.41 Å². The third-order valence-electron chi connectivity index (χ3n) is 2.74. The maximum absolute atomic E-state index is 11.1. The number of allylic oxidation sites excluding steroid dienone is 2. The van der Waals surface area contributed by atoms with Gasteiger partial charge in [0.05, 0.1) is 6.61 Å². The van der Waals surface area contributed by atoms with E-state index >= 15 is 0 Å². The molecule has 0 heterocycles. The van der Waals surface area contributed by atoms with Crippen molar-refractivity contribution in [3.05, 3.63) is 23.3 Å². The lowest BCUT2D eigenvalue weighted by Gasteiger charge is -2.30. The number of rotatable bonds is 3. The predicted octanol–water partition coefficient (Wildman–Crippen LogP) is 0.411. The van der Waals surface area contributed by atoms with E-state index in [1.54, 1.807) is 6.92 Å². The van der Waals surface area contributed by atoms with Crippen LogP contribution in [0.3, 0.4) is 0 Å². The van der Waals surface area contributed by atoms with Crippen LogP contribution in [0.2, 0.25) is 0 Å². The maximum atomic E-state index is 11.1. The summed E-state index contributed by atoms with van der Waals surface area (Å²) >= 11 is 0. The van der Waals surface area contributed by atoms with Gasteiger partial charge in [-0.05, 0) is 6.92 Å². The molecular weight excluding hydrogens is 200 g/mol. The summed E-state index contributed by atoms with van der Waals surface area (Å²) in [5.74, 6) is -2.36. The monoisotopic (exact) mass is 212 g/mol. The summed E-state index contributed by atoms with van der Waals surface area (Å²) in [5, 5.41) is 26.9. The Labute approximate surface area is 86.3 Å². The van der Waals surface area contributed by atoms with Crippen molar-refractivity contribution in [1.82, 2.24) is 0 Å². The third-order valence-corrected chi connectivity index (χ3v) is 2.74. The second-order valence-electron chi connectivity index (χ2n) is 3.57. The van der Waals surface area contributed by atoms with Crippen molar-refractivity contribution in [3.8, 4) is 0 Å². The molecule has 0 fully saturated rings. The lowest BCUT2D eigenvalue weighted by atomic mass is 9.73. The minimum absolute atomic E-state index is 0.00273. The van der Waals surface area contributed by atoms with E-state index in [1.807, 2.05) is 0 Å². The van der Waals surface area contributed by atoms with E-state index in [2.05, 4.69) is 0 Å². The first-order chi connectivity index (χ1) is 6.94. The zero-order chi connectivity index (χ0) is 11.6. The summed E-state index contributed by atoms with van der Waals surface area (Å²) in [6.45, 7) is 0.967. The summed E-state index contributed by atoms with van der Waals surface area (Å²) < 4.78 is 0. The van der Waals surface area contributed by atoms with Crippen LogP contribution in [-0.4, -0.2) is 33.9 Å². The molecule has 0 radical (unpaired) electrons. The average molecular weight is 212 g/mol. The van der Waals surface area contributed by atoms with Crippen LogP contribution < -0.4 is 0 Å². The number of carboxylic acid groups (broad SMARTS) is 2. The van der Waals surface area contributed by atoms with Crippen molar-refractivity contribution in [2.45, 2.75) is 13.3 Å². The molecule has 3 N–H and O–H groups in total. The minimum Gasteiger partial charge on any atom is -0.481 e. The van der Waals surface area contributed by atoms with Crippen molar-refractivity contribution in [3.63, 3.8) is 0 Å². The van der Waals surface area contributed by atoms with Gasteiger partial charge in [-0.3, -0.25) is 4.79 Å². The number of hydrogen-bond donors (Lipinski definition) is 3. The average Bonchev–Trinajstić information content (AvgIpc) is 2.18. The van der Waals surface area contributed by atoms with Gasteiger partial charge in [0.25, 0.3) is 0 Å². The summed E-state index contributed by atoms with van der Waals surface area (Å²) in [6, 6.07) is 0. The van der Waals surface area contributed by atoms with Gasteiger partial charge in [0.1, 0.15) is 5.41 Å². The summed E-state index contributed by atoms with van der Waals surface area (Å²) in [6.07, 6.45) is 2.61. The van der Waals surface area contributed by atoms with Gasteiger partial charge in [-0.15, -0.1) is 0 Å². The minimum atomic E-state index is -1.48. The molecule has 5 nitrogen and oxygen atoms in total. The molecule has 1 aliphatic rings. The van der Waals surface area contributed by atoms with Gasteiger partial charge in [0, 0.05) is 12.0 Å². The van der Waals surface area contributed by atoms with Crippen LogP contribution in [-0.2, 0) is 9.59 Å². The summed E-state index contributed by atoms with van der Waals surface area (Å²) in [7, 11) is 0. The fraction of sp³-hybridized carbons (Fsp3) is 0.400. The lowest BCUT2D eigenvalue weighted by Crippen LogP contribution is -2.38. The van der Waals surface area contributed by atoms with Crippen LogP contribution in [0.1, 0.15) is 13.3 Å². The van der Waals surface area contributed by atoms with E-state index in [9.17, 15) is 9.59 Å². The maximum Gasteiger partial charge on any atom is 0.331 e. The zero-order valence-electron chi connectivity index (χ0n) is 8.23. The Morgan fingerprint density at radius 1 is 1.40 bits per heavy atom. The van der Waals surface area contributed by atoms with Gasteiger partial charge in [0.2, 0.25) is 0 Å². The first-order valence-electron chi connectivity index (χ1n) is 4.39. The number of carboxylic acids is 2. The predicted molar refractivity (Wildman–Crippen MR) is 51.2 cm³/mol. The topological polar surface area (TPSA) is 94.8 Å². The smallest absolute Gasteiger partial charge is 0.331 e. The Morgan fingerprint density at radius 3 is 2.40 bits per heavy atom. The Balaban J connectivity index is 3.15. The molecule has 0 saturated heterocycles. The molecule has 0 aromatic carbocycles. The highest BCUT2D eigenvalue weighted by Gasteiger charge is 2.43. The second-order valence-corrected chi connectivity index (χ2v) is 3.57. The molecule has 82 valence electrons. The number of hydrogen-bond acceptors (Lipinski definition) is 3. The largest absolute Gasteiger partial charge is 0.481 e. The quantitative estimate of drug-likeness (QED) is 0.629. The molecule has 0 spiro atoms. The lowest BCUT2D eigenvalue weighted by molar-refractivity contribution is -0.149. The molecule has 1 unspecified atom stereocenters.